The van der Waals surface area contributed by atoms with Crippen LogP contribution >= 0.6 is 0 Å². The van der Waals surface area contributed by atoms with Gasteiger partial charge < -0.3 is 4.90 Å². The van der Waals surface area contributed by atoms with Crippen LogP contribution in [-0.4, -0.2) is 0 Å². The van der Waals surface area contributed by atoms with Crippen molar-refractivity contribution < 1.29 is 0 Å². The van der Waals surface area contributed by atoms with Crippen molar-refractivity contribution in [3.05, 3.63) is 240 Å². The van der Waals surface area contributed by atoms with Gasteiger partial charge in [0.2, 0.25) is 0 Å². The SMILES string of the molecule is [C-]#[N+]c1ccc(-c2c3ccccc3c(-c3ccc4c(c3)C(C)(C)c3cc(/C=C/c5ccc(N(c6ccccc6)c6ccccc6)cc5)ccc3-4)c3ccccc23)c2ccccc12. The third-order valence-corrected chi connectivity index (χ3v) is 12.9. The van der Waals surface area contributed by atoms with Crippen molar-refractivity contribution in [2.45, 2.75) is 19.3 Å². The van der Waals surface area contributed by atoms with Crippen molar-refractivity contribution in [3.63, 3.8) is 0 Å². The summed E-state index contributed by atoms with van der Waals surface area (Å²) in [6.45, 7) is 12.6. The number of nitrogens with zero attached hydrogens (tertiary/aromatic N) is 2. The number of benzene rings is 10. The molecule has 1 aliphatic rings. The first-order chi connectivity index (χ1) is 30.5. The van der Waals surface area contributed by atoms with Gasteiger partial charge in [0.1, 0.15) is 0 Å². The average Bonchev–Trinajstić information content (AvgIpc) is 3.55. The molecule has 0 saturated carbocycles. The Morgan fingerprint density at radius 3 is 1.45 bits per heavy atom. The molecule has 0 radical (unpaired) electrons. The van der Waals surface area contributed by atoms with Crippen molar-refractivity contribution in [1.29, 1.82) is 0 Å². The molecular weight excluding hydrogens is 749 g/mol. The summed E-state index contributed by atoms with van der Waals surface area (Å²) < 4.78 is 0. The van der Waals surface area contributed by atoms with Crippen LogP contribution in [0.1, 0.15) is 36.1 Å². The molecular formula is C60H42N2. The molecule has 0 atom stereocenters. The molecule has 0 fully saturated rings. The third kappa shape index (κ3) is 6.09. The first kappa shape index (κ1) is 37.0. The molecule has 2 nitrogen and oxygen atoms in total. The van der Waals surface area contributed by atoms with E-state index < -0.39 is 0 Å². The van der Waals surface area contributed by atoms with Crippen molar-refractivity contribution in [2.24, 2.45) is 0 Å². The van der Waals surface area contributed by atoms with E-state index in [1.165, 1.54) is 66.1 Å². The van der Waals surface area contributed by atoms with Crippen LogP contribution in [0.3, 0.4) is 0 Å². The maximum atomic E-state index is 7.85. The molecule has 0 heterocycles. The van der Waals surface area contributed by atoms with Crippen LogP contribution in [-0.2, 0) is 5.41 Å². The predicted octanol–water partition coefficient (Wildman–Crippen LogP) is 17.0. The monoisotopic (exact) mass is 790 g/mol. The van der Waals surface area contributed by atoms with Gasteiger partial charge in [0.25, 0.3) is 0 Å². The van der Waals surface area contributed by atoms with Crippen LogP contribution in [0.4, 0.5) is 22.7 Å². The number of rotatable bonds is 7. The molecule has 0 spiro atoms. The minimum atomic E-state index is -0.195. The zero-order chi connectivity index (χ0) is 41.8. The number of fused-ring (bicyclic) bond motifs is 6. The number of anilines is 3. The maximum Gasteiger partial charge on any atom is 0.194 e. The minimum Gasteiger partial charge on any atom is -0.311 e. The molecule has 2 heteroatoms. The molecule has 1 aliphatic carbocycles. The highest BCUT2D eigenvalue weighted by Crippen LogP contribution is 2.52. The van der Waals surface area contributed by atoms with Gasteiger partial charge in [0.15, 0.2) is 5.69 Å². The van der Waals surface area contributed by atoms with E-state index in [-0.39, 0.29) is 5.41 Å². The fraction of sp³-hybridized carbons (Fsp3) is 0.0500. The molecule has 0 aromatic heterocycles. The van der Waals surface area contributed by atoms with Gasteiger partial charge in [-0.2, -0.15) is 0 Å². The lowest BCUT2D eigenvalue weighted by molar-refractivity contribution is 0.660. The van der Waals surface area contributed by atoms with Gasteiger partial charge in [-0.05, 0) is 130 Å². The van der Waals surface area contributed by atoms with E-state index in [1.807, 2.05) is 12.1 Å². The van der Waals surface area contributed by atoms with Crippen molar-refractivity contribution >= 4 is 67.2 Å². The molecule has 62 heavy (non-hydrogen) atoms. The zero-order valence-corrected chi connectivity index (χ0v) is 34.7. The minimum absolute atomic E-state index is 0.195. The Balaban J connectivity index is 0.950. The predicted molar refractivity (Wildman–Crippen MR) is 264 cm³/mol. The summed E-state index contributed by atoms with van der Waals surface area (Å²) in [7, 11) is 0. The van der Waals surface area contributed by atoms with Gasteiger partial charge >= 0.3 is 0 Å². The summed E-state index contributed by atoms with van der Waals surface area (Å²) in [5, 5.41) is 6.95. The molecule has 0 aliphatic heterocycles. The fourth-order valence-corrected chi connectivity index (χ4v) is 9.87. The Morgan fingerprint density at radius 1 is 0.403 bits per heavy atom. The standard InChI is InChI=1S/C60H42N2/c1-60(2)55-38-41(27-26-40-28-32-45(33-29-40)62(43-16-6-4-7-17-43)44-18-8-5-9-19-44)30-34-47(55)48-35-31-42(39-56(48)60)58-50-22-12-14-24-52(50)59(53-25-15-13-23-51(53)58)54-36-37-57(61-3)49-21-11-10-20-46(49)54/h4-39H,1-2H3/b27-26+. The maximum absolute atomic E-state index is 7.85. The summed E-state index contributed by atoms with van der Waals surface area (Å²) >= 11 is 0. The smallest absolute Gasteiger partial charge is 0.194 e. The molecule has 292 valence electrons. The Bertz CT molecular complexity index is 3330. The summed E-state index contributed by atoms with van der Waals surface area (Å²) in [6, 6.07) is 74.1. The van der Waals surface area contributed by atoms with Gasteiger partial charge in [0, 0.05) is 22.5 Å². The molecule has 0 saturated heterocycles. The molecule has 0 bridgehead atoms. The molecule has 0 unspecified atom stereocenters. The lowest BCUT2D eigenvalue weighted by Crippen LogP contribution is -2.15. The molecule has 11 rings (SSSR count). The van der Waals surface area contributed by atoms with Crippen LogP contribution in [0.25, 0.3) is 82.7 Å². The fourth-order valence-electron chi connectivity index (χ4n) is 9.87. The lowest BCUT2D eigenvalue weighted by Gasteiger charge is -2.25. The van der Waals surface area contributed by atoms with Crippen LogP contribution in [0.15, 0.2) is 206 Å². The van der Waals surface area contributed by atoms with Gasteiger partial charge in [0.05, 0.1) is 6.57 Å². The Morgan fingerprint density at radius 2 is 0.855 bits per heavy atom. The van der Waals surface area contributed by atoms with Crippen molar-refractivity contribution in [2.75, 3.05) is 4.90 Å². The van der Waals surface area contributed by atoms with E-state index in [4.69, 9.17) is 6.57 Å². The summed E-state index contributed by atoms with van der Waals surface area (Å²) in [5.74, 6) is 0. The molecule has 0 amide bonds. The van der Waals surface area contributed by atoms with Crippen LogP contribution < -0.4 is 4.90 Å². The van der Waals surface area contributed by atoms with Crippen LogP contribution in [0.2, 0.25) is 0 Å². The highest BCUT2D eigenvalue weighted by atomic mass is 15.1. The highest BCUT2D eigenvalue weighted by molar-refractivity contribution is 6.24. The van der Waals surface area contributed by atoms with Gasteiger partial charge in [-0.25, -0.2) is 4.85 Å². The van der Waals surface area contributed by atoms with E-state index in [1.54, 1.807) is 0 Å². The van der Waals surface area contributed by atoms with Crippen molar-refractivity contribution in [1.82, 2.24) is 0 Å². The molecule has 10 aromatic rings. The highest BCUT2D eigenvalue weighted by Gasteiger charge is 2.36. The van der Waals surface area contributed by atoms with E-state index in [9.17, 15) is 0 Å². The first-order valence-corrected chi connectivity index (χ1v) is 21.3. The quantitative estimate of drug-likeness (QED) is 0.0886. The number of hydrogen-bond donors (Lipinski definition) is 0. The second kappa shape index (κ2) is 14.9. The van der Waals surface area contributed by atoms with Gasteiger partial charge in [-0.3, -0.25) is 0 Å². The van der Waals surface area contributed by atoms with Gasteiger partial charge in [-0.15, -0.1) is 0 Å². The third-order valence-electron chi connectivity index (χ3n) is 12.9. The molecule has 0 N–H and O–H groups in total. The Labute approximate surface area is 363 Å². The Kier molecular flexibility index (Phi) is 8.92. The topological polar surface area (TPSA) is 7.60 Å². The summed E-state index contributed by atoms with van der Waals surface area (Å²) in [6.07, 6.45) is 4.46. The van der Waals surface area contributed by atoms with Crippen molar-refractivity contribution in [3.8, 4) is 33.4 Å². The van der Waals surface area contributed by atoms with Crippen LogP contribution in [0, 0.1) is 6.57 Å². The number of hydrogen-bond acceptors (Lipinski definition) is 1. The lowest BCUT2D eigenvalue weighted by atomic mass is 9.80. The molecule has 10 aromatic carbocycles. The summed E-state index contributed by atoms with van der Waals surface area (Å²) in [4.78, 5) is 6.15. The van der Waals surface area contributed by atoms with E-state index in [0.717, 1.165) is 39.0 Å². The van der Waals surface area contributed by atoms with E-state index >= 15 is 0 Å². The summed E-state index contributed by atoms with van der Waals surface area (Å²) in [5.41, 5.74) is 16.3. The second-order valence-corrected chi connectivity index (χ2v) is 16.8. The first-order valence-electron chi connectivity index (χ1n) is 21.3. The average molecular weight is 791 g/mol. The second-order valence-electron chi connectivity index (χ2n) is 16.8. The van der Waals surface area contributed by atoms with Gasteiger partial charge in [-0.1, -0.05) is 190 Å². The van der Waals surface area contributed by atoms with Crippen LogP contribution in [0.5, 0.6) is 0 Å². The van der Waals surface area contributed by atoms with E-state index in [2.05, 4.69) is 230 Å². The Hall–Kier alpha value is -7.99. The zero-order valence-electron chi connectivity index (χ0n) is 34.7. The van der Waals surface area contributed by atoms with E-state index in [0.29, 0.717) is 5.69 Å². The largest absolute Gasteiger partial charge is 0.311 e. The number of para-hydroxylation sites is 2. The normalized spacial score (nSPS) is 12.7.